The molecule has 138 valence electrons. The van der Waals surface area contributed by atoms with Crippen molar-refractivity contribution in [2.75, 3.05) is 18.5 Å². The second kappa shape index (κ2) is 7.30. The molecule has 1 N–H and O–H groups in total. The summed E-state index contributed by atoms with van der Waals surface area (Å²) < 4.78 is 45.4. The molecular formula is C15H14F3N5O3. The third kappa shape index (κ3) is 3.69. The Labute approximate surface area is 145 Å². The van der Waals surface area contributed by atoms with E-state index >= 15 is 0 Å². The van der Waals surface area contributed by atoms with E-state index in [4.69, 9.17) is 10.00 Å². The summed E-state index contributed by atoms with van der Waals surface area (Å²) in [6, 6.07) is 3.69. The number of rotatable bonds is 5. The average Bonchev–Trinajstić information content (AvgIpc) is 2.60. The fraction of sp³-hybridized carbons (Fsp3) is 0.333. The maximum atomic E-state index is 12.9. The van der Waals surface area contributed by atoms with Crippen LogP contribution < -0.4 is 21.3 Å². The summed E-state index contributed by atoms with van der Waals surface area (Å²) in [7, 11) is 2.59. The van der Waals surface area contributed by atoms with Gasteiger partial charge in [-0.2, -0.15) is 18.4 Å². The lowest BCUT2D eigenvalue weighted by Gasteiger charge is -2.15. The highest BCUT2D eigenvalue weighted by molar-refractivity contribution is 5.51. The molecule has 0 aliphatic heterocycles. The van der Waals surface area contributed by atoms with Gasteiger partial charge in [-0.05, 0) is 12.1 Å². The molecule has 0 aliphatic carbocycles. The zero-order valence-electron chi connectivity index (χ0n) is 13.8. The number of nitrogens with zero attached hydrogens (tertiary/aromatic N) is 4. The van der Waals surface area contributed by atoms with Gasteiger partial charge in [0.05, 0.1) is 6.54 Å². The Morgan fingerprint density at radius 2 is 2.00 bits per heavy atom. The summed E-state index contributed by atoms with van der Waals surface area (Å²) >= 11 is 0. The van der Waals surface area contributed by atoms with Gasteiger partial charge in [0.2, 0.25) is 5.88 Å². The highest BCUT2D eigenvalue weighted by Crippen LogP contribution is 2.34. The van der Waals surface area contributed by atoms with Crippen LogP contribution in [0.3, 0.4) is 0 Å². The first-order valence-corrected chi connectivity index (χ1v) is 7.27. The van der Waals surface area contributed by atoms with Crippen molar-refractivity contribution in [3.05, 3.63) is 50.3 Å². The Bertz CT molecular complexity index is 972. The van der Waals surface area contributed by atoms with Gasteiger partial charge < -0.3 is 10.1 Å². The number of nitriles is 1. The van der Waals surface area contributed by atoms with E-state index in [0.29, 0.717) is 0 Å². The number of hydrogen-bond acceptors (Lipinski definition) is 6. The van der Waals surface area contributed by atoms with Crippen molar-refractivity contribution in [3.8, 4) is 11.9 Å². The van der Waals surface area contributed by atoms with E-state index in [9.17, 15) is 22.8 Å². The van der Waals surface area contributed by atoms with Crippen molar-refractivity contribution in [1.29, 1.82) is 5.26 Å². The molecular weight excluding hydrogens is 355 g/mol. The number of anilines is 1. The molecule has 26 heavy (non-hydrogen) atoms. The van der Waals surface area contributed by atoms with Gasteiger partial charge in [0, 0.05) is 20.3 Å². The van der Waals surface area contributed by atoms with Crippen molar-refractivity contribution in [3.63, 3.8) is 0 Å². The van der Waals surface area contributed by atoms with Crippen LogP contribution in [0.4, 0.5) is 19.0 Å². The lowest BCUT2D eigenvalue weighted by atomic mass is 10.2. The zero-order valence-corrected chi connectivity index (χ0v) is 13.8. The number of halogens is 3. The van der Waals surface area contributed by atoms with Crippen LogP contribution in [0.5, 0.6) is 5.88 Å². The quantitative estimate of drug-likeness (QED) is 0.785. The Morgan fingerprint density at radius 1 is 1.31 bits per heavy atom. The van der Waals surface area contributed by atoms with Gasteiger partial charge >= 0.3 is 11.9 Å². The molecule has 0 fully saturated rings. The van der Waals surface area contributed by atoms with E-state index in [1.54, 1.807) is 6.07 Å². The first-order chi connectivity index (χ1) is 12.2. The molecule has 2 rings (SSSR count). The molecule has 0 spiro atoms. The molecule has 2 heterocycles. The van der Waals surface area contributed by atoms with E-state index in [1.807, 2.05) is 0 Å². The molecule has 2 aromatic heterocycles. The highest BCUT2D eigenvalue weighted by Gasteiger charge is 2.35. The number of pyridine rings is 1. The van der Waals surface area contributed by atoms with Crippen LogP contribution in [0.1, 0.15) is 11.1 Å². The molecule has 2 aromatic rings. The van der Waals surface area contributed by atoms with Gasteiger partial charge in [0.1, 0.15) is 24.1 Å². The van der Waals surface area contributed by atoms with Gasteiger partial charge in [-0.25, -0.2) is 9.78 Å². The Balaban J connectivity index is 2.15. The second-order valence-corrected chi connectivity index (χ2v) is 5.17. The van der Waals surface area contributed by atoms with Crippen LogP contribution in [-0.2, 0) is 20.3 Å². The van der Waals surface area contributed by atoms with Crippen LogP contribution in [0.15, 0.2) is 27.9 Å². The number of nitrogens with one attached hydrogen (secondary N) is 1. The van der Waals surface area contributed by atoms with Crippen LogP contribution in [0.2, 0.25) is 0 Å². The maximum Gasteiger partial charge on any atom is 0.421 e. The van der Waals surface area contributed by atoms with Crippen molar-refractivity contribution in [2.24, 2.45) is 14.1 Å². The summed E-state index contributed by atoms with van der Waals surface area (Å²) in [4.78, 5) is 27.4. The fourth-order valence-electron chi connectivity index (χ4n) is 2.19. The lowest BCUT2D eigenvalue weighted by molar-refractivity contribution is -0.139. The van der Waals surface area contributed by atoms with Crippen molar-refractivity contribution in [2.45, 2.75) is 6.18 Å². The normalized spacial score (nSPS) is 11.1. The molecule has 0 aromatic carbocycles. The molecule has 0 radical (unpaired) electrons. The molecule has 0 saturated heterocycles. The minimum absolute atomic E-state index is 0.0405. The molecule has 0 atom stereocenters. The second-order valence-electron chi connectivity index (χ2n) is 5.17. The first kappa shape index (κ1) is 19.0. The van der Waals surface area contributed by atoms with Crippen LogP contribution in [0, 0.1) is 11.3 Å². The van der Waals surface area contributed by atoms with E-state index < -0.39 is 28.9 Å². The average molecular weight is 369 g/mol. The van der Waals surface area contributed by atoms with Gasteiger partial charge in [0.25, 0.3) is 5.56 Å². The predicted molar refractivity (Wildman–Crippen MR) is 84.9 cm³/mol. The fourth-order valence-corrected chi connectivity index (χ4v) is 2.19. The maximum absolute atomic E-state index is 12.9. The van der Waals surface area contributed by atoms with E-state index in [0.717, 1.165) is 27.5 Å². The SMILES string of the molecule is Cn1c(NCCOc2ncccc2C(F)(F)F)c(C#N)c(=O)n(C)c1=O. The lowest BCUT2D eigenvalue weighted by Crippen LogP contribution is -2.40. The first-order valence-electron chi connectivity index (χ1n) is 7.27. The standard InChI is InChI=1S/C15H14F3N5O3/c1-22-11(9(8-19)13(24)23(2)14(22)25)20-6-7-26-12-10(15(16,17)18)4-3-5-21-12/h3-5,20H,6-7H2,1-2H3. The Hall–Kier alpha value is -3.29. The van der Waals surface area contributed by atoms with Gasteiger partial charge in [-0.3, -0.25) is 13.9 Å². The van der Waals surface area contributed by atoms with Crippen molar-refractivity contribution in [1.82, 2.24) is 14.1 Å². The predicted octanol–water partition coefficient (Wildman–Crippen LogP) is 0.860. The van der Waals surface area contributed by atoms with Crippen LogP contribution in [-0.4, -0.2) is 27.3 Å². The monoisotopic (exact) mass is 369 g/mol. The molecule has 11 heteroatoms. The number of hydrogen-bond donors (Lipinski definition) is 1. The molecule has 0 unspecified atom stereocenters. The highest BCUT2D eigenvalue weighted by atomic mass is 19.4. The Morgan fingerprint density at radius 3 is 2.62 bits per heavy atom. The van der Waals surface area contributed by atoms with Gasteiger partial charge in [-0.1, -0.05) is 0 Å². The van der Waals surface area contributed by atoms with Crippen molar-refractivity contribution >= 4 is 5.82 Å². The number of aromatic nitrogens is 3. The summed E-state index contributed by atoms with van der Waals surface area (Å²) in [6.07, 6.45) is -3.45. The Kier molecular flexibility index (Phi) is 5.35. The third-order valence-corrected chi connectivity index (χ3v) is 3.49. The minimum atomic E-state index is -4.61. The topological polar surface area (TPSA) is 102 Å². The van der Waals surface area contributed by atoms with Gasteiger partial charge in [-0.15, -0.1) is 0 Å². The zero-order chi connectivity index (χ0) is 19.5. The van der Waals surface area contributed by atoms with Crippen LogP contribution >= 0.6 is 0 Å². The molecule has 0 amide bonds. The smallest absolute Gasteiger partial charge is 0.421 e. The summed E-state index contributed by atoms with van der Waals surface area (Å²) in [5.74, 6) is -0.624. The van der Waals surface area contributed by atoms with Crippen LogP contribution in [0.25, 0.3) is 0 Å². The van der Waals surface area contributed by atoms with E-state index in [1.165, 1.54) is 14.1 Å². The third-order valence-electron chi connectivity index (χ3n) is 3.49. The van der Waals surface area contributed by atoms with E-state index in [-0.39, 0.29) is 24.5 Å². The largest absolute Gasteiger partial charge is 0.475 e. The molecule has 0 bridgehead atoms. The summed E-state index contributed by atoms with van der Waals surface area (Å²) in [6.45, 7) is -0.308. The van der Waals surface area contributed by atoms with Crippen molar-refractivity contribution < 1.29 is 17.9 Å². The molecule has 8 nitrogen and oxygen atoms in total. The summed E-state index contributed by atoms with van der Waals surface area (Å²) in [5, 5.41) is 11.8. The summed E-state index contributed by atoms with van der Waals surface area (Å²) in [5.41, 5.74) is -2.73. The minimum Gasteiger partial charge on any atom is -0.475 e. The molecule has 0 saturated carbocycles. The number of ether oxygens (including phenoxy) is 1. The van der Waals surface area contributed by atoms with Gasteiger partial charge in [0.15, 0.2) is 5.56 Å². The van der Waals surface area contributed by atoms with E-state index in [2.05, 4.69) is 10.3 Å². The molecule has 0 aliphatic rings. The number of alkyl halides is 3.